The Kier molecular flexibility index (Phi) is 8.07. The summed E-state index contributed by atoms with van der Waals surface area (Å²) in [6, 6.07) is 8.72. The molecule has 21 heavy (non-hydrogen) atoms. The molecule has 0 heterocycles. The summed E-state index contributed by atoms with van der Waals surface area (Å²) in [7, 11) is 1.84. The Labute approximate surface area is 146 Å². The molecule has 0 aliphatic heterocycles. The van der Waals surface area contributed by atoms with Gasteiger partial charge in [0.05, 0.1) is 0 Å². The molecule has 0 spiro atoms. The fourth-order valence-electron chi connectivity index (χ4n) is 2.70. The third-order valence-corrected chi connectivity index (χ3v) is 3.95. The number of hydrogen-bond acceptors (Lipinski definition) is 1. The Morgan fingerprint density at radius 3 is 2.71 bits per heavy atom. The first-order valence-electron chi connectivity index (χ1n) is 7.73. The summed E-state index contributed by atoms with van der Waals surface area (Å²) < 4.78 is 0. The lowest BCUT2D eigenvalue weighted by Gasteiger charge is -2.30. The second-order valence-electron chi connectivity index (χ2n) is 6.02. The zero-order valence-corrected chi connectivity index (χ0v) is 15.7. The molecule has 1 unspecified atom stereocenters. The van der Waals surface area contributed by atoms with E-state index in [2.05, 4.69) is 53.7 Å². The molecule has 0 radical (unpaired) electrons. The smallest absolute Gasteiger partial charge is 0.190 e. The normalized spacial score (nSPS) is 16.8. The molecule has 2 N–H and O–H groups in total. The molecule has 1 aliphatic rings. The number of nitrogens with one attached hydrogen (secondary N) is 2. The summed E-state index contributed by atoms with van der Waals surface area (Å²) in [6.07, 6.45) is 3.65. The molecule has 0 amide bonds. The number of fused-ring (bicyclic) bond motifs is 1. The van der Waals surface area contributed by atoms with Gasteiger partial charge in [-0.2, -0.15) is 0 Å². The number of rotatable bonds is 6. The zero-order valence-electron chi connectivity index (χ0n) is 13.4. The molecule has 1 aliphatic carbocycles. The van der Waals surface area contributed by atoms with Gasteiger partial charge in [-0.1, -0.05) is 38.1 Å². The average Bonchev–Trinajstić information content (AvgIpc) is 2.41. The number of benzene rings is 1. The molecule has 3 nitrogen and oxygen atoms in total. The Hall–Kier alpha value is -0.780. The number of nitrogens with zero attached hydrogens (tertiary/aromatic N) is 1. The van der Waals surface area contributed by atoms with Crippen molar-refractivity contribution in [2.45, 2.75) is 39.0 Å². The van der Waals surface area contributed by atoms with Crippen molar-refractivity contribution in [3.63, 3.8) is 0 Å². The fraction of sp³-hybridized carbons (Fsp3) is 0.588. The Bertz CT molecular complexity index is 457. The Balaban J connectivity index is 0.00000220. The van der Waals surface area contributed by atoms with E-state index < -0.39 is 0 Å². The van der Waals surface area contributed by atoms with E-state index in [0.29, 0.717) is 5.92 Å². The van der Waals surface area contributed by atoms with E-state index in [1.807, 2.05) is 7.05 Å². The minimum Gasteiger partial charge on any atom is -0.356 e. The maximum atomic E-state index is 4.29. The van der Waals surface area contributed by atoms with Gasteiger partial charge >= 0.3 is 0 Å². The van der Waals surface area contributed by atoms with Crippen LogP contribution in [0.15, 0.2) is 29.3 Å². The van der Waals surface area contributed by atoms with Crippen molar-refractivity contribution in [3.05, 3.63) is 35.4 Å². The van der Waals surface area contributed by atoms with E-state index in [0.717, 1.165) is 25.0 Å². The molecular formula is C17H28IN3. The van der Waals surface area contributed by atoms with Crippen LogP contribution in [0.3, 0.4) is 0 Å². The van der Waals surface area contributed by atoms with Crippen LogP contribution in [0, 0.1) is 5.92 Å². The molecule has 0 saturated heterocycles. The quantitative estimate of drug-likeness (QED) is 0.331. The number of aliphatic imine (C=N–C) groups is 1. The molecule has 0 bridgehead atoms. The van der Waals surface area contributed by atoms with Crippen LogP contribution in [0.25, 0.3) is 0 Å². The first-order chi connectivity index (χ1) is 9.70. The first-order valence-corrected chi connectivity index (χ1v) is 7.73. The van der Waals surface area contributed by atoms with E-state index in [-0.39, 0.29) is 24.0 Å². The lowest BCUT2D eigenvalue weighted by Crippen LogP contribution is -2.41. The molecule has 4 heteroatoms. The van der Waals surface area contributed by atoms with Gasteiger partial charge in [0.15, 0.2) is 5.96 Å². The molecule has 2 rings (SSSR count). The van der Waals surface area contributed by atoms with E-state index in [1.54, 1.807) is 0 Å². The van der Waals surface area contributed by atoms with Crippen LogP contribution in [-0.4, -0.2) is 26.1 Å². The van der Waals surface area contributed by atoms with E-state index in [9.17, 15) is 0 Å². The average molecular weight is 401 g/mol. The molecule has 1 aromatic rings. The molecule has 0 saturated carbocycles. The largest absolute Gasteiger partial charge is 0.356 e. The van der Waals surface area contributed by atoms with Crippen LogP contribution in [0.2, 0.25) is 0 Å². The van der Waals surface area contributed by atoms with Crippen LogP contribution in [0.4, 0.5) is 0 Å². The van der Waals surface area contributed by atoms with Crippen molar-refractivity contribution >= 4 is 29.9 Å². The SMILES string of the molecule is CN=C(NCCCC(C)C)NCC1Cc2ccccc21.I. The lowest BCUT2D eigenvalue weighted by atomic mass is 9.78. The third-order valence-electron chi connectivity index (χ3n) is 3.95. The second kappa shape index (κ2) is 9.28. The van der Waals surface area contributed by atoms with Gasteiger partial charge in [0.1, 0.15) is 0 Å². The van der Waals surface area contributed by atoms with Gasteiger partial charge in [-0.15, -0.1) is 24.0 Å². The standard InChI is InChI=1S/C17H27N3.HI/c1-13(2)7-6-10-19-17(18-3)20-12-15-11-14-8-4-5-9-16(14)15;/h4-5,8-9,13,15H,6-7,10-12H2,1-3H3,(H2,18,19,20);1H. The maximum absolute atomic E-state index is 4.29. The van der Waals surface area contributed by atoms with Gasteiger partial charge in [-0.05, 0) is 36.3 Å². The highest BCUT2D eigenvalue weighted by Crippen LogP contribution is 2.33. The predicted molar refractivity (Wildman–Crippen MR) is 102 cm³/mol. The minimum absolute atomic E-state index is 0. The van der Waals surface area contributed by atoms with Crippen LogP contribution >= 0.6 is 24.0 Å². The summed E-state index contributed by atoms with van der Waals surface area (Å²) in [5.74, 6) is 2.34. The molecule has 0 fully saturated rings. The highest BCUT2D eigenvalue weighted by Gasteiger charge is 2.25. The van der Waals surface area contributed by atoms with Crippen LogP contribution in [0.5, 0.6) is 0 Å². The van der Waals surface area contributed by atoms with Crippen molar-refractivity contribution in [3.8, 4) is 0 Å². The number of halogens is 1. The highest BCUT2D eigenvalue weighted by molar-refractivity contribution is 14.0. The van der Waals surface area contributed by atoms with E-state index >= 15 is 0 Å². The summed E-state index contributed by atoms with van der Waals surface area (Å²) in [4.78, 5) is 4.29. The van der Waals surface area contributed by atoms with Gasteiger partial charge in [0, 0.05) is 26.1 Å². The van der Waals surface area contributed by atoms with Crippen molar-refractivity contribution in [1.29, 1.82) is 0 Å². The van der Waals surface area contributed by atoms with E-state index in [4.69, 9.17) is 0 Å². The summed E-state index contributed by atoms with van der Waals surface area (Å²) >= 11 is 0. The van der Waals surface area contributed by atoms with Crippen LogP contribution in [0.1, 0.15) is 43.7 Å². The van der Waals surface area contributed by atoms with Crippen molar-refractivity contribution < 1.29 is 0 Å². The van der Waals surface area contributed by atoms with Gasteiger partial charge in [0.2, 0.25) is 0 Å². The number of hydrogen-bond donors (Lipinski definition) is 2. The van der Waals surface area contributed by atoms with Crippen LogP contribution < -0.4 is 10.6 Å². The first kappa shape index (κ1) is 18.3. The van der Waals surface area contributed by atoms with Crippen molar-refractivity contribution in [1.82, 2.24) is 10.6 Å². The number of guanidine groups is 1. The highest BCUT2D eigenvalue weighted by atomic mass is 127. The van der Waals surface area contributed by atoms with Gasteiger partial charge in [-0.3, -0.25) is 4.99 Å². The zero-order chi connectivity index (χ0) is 14.4. The molecule has 1 atom stereocenters. The van der Waals surface area contributed by atoms with Crippen molar-refractivity contribution in [2.75, 3.05) is 20.1 Å². The van der Waals surface area contributed by atoms with Gasteiger partial charge < -0.3 is 10.6 Å². The van der Waals surface area contributed by atoms with Gasteiger partial charge in [0.25, 0.3) is 0 Å². The Morgan fingerprint density at radius 1 is 1.29 bits per heavy atom. The molecule has 118 valence electrons. The molecule has 0 aromatic heterocycles. The van der Waals surface area contributed by atoms with Crippen molar-refractivity contribution in [2.24, 2.45) is 10.9 Å². The summed E-state index contributed by atoms with van der Waals surface area (Å²) in [5.41, 5.74) is 2.99. The molecule has 1 aromatic carbocycles. The van der Waals surface area contributed by atoms with Gasteiger partial charge in [-0.25, -0.2) is 0 Å². The Morgan fingerprint density at radius 2 is 2.05 bits per heavy atom. The fourth-order valence-corrected chi connectivity index (χ4v) is 2.70. The second-order valence-corrected chi connectivity index (χ2v) is 6.02. The molecular weight excluding hydrogens is 373 g/mol. The lowest BCUT2D eigenvalue weighted by molar-refractivity contribution is 0.545. The monoisotopic (exact) mass is 401 g/mol. The summed E-state index contributed by atoms with van der Waals surface area (Å²) in [5, 5.41) is 6.83. The third kappa shape index (κ3) is 5.49. The summed E-state index contributed by atoms with van der Waals surface area (Å²) in [6.45, 7) is 6.50. The topological polar surface area (TPSA) is 36.4 Å². The van der Waals surface area contributed by atoms with Crippen LogP contribution in [-0.2, 0) is 6.42 Å². The minimum atomic E-state index is 0. The predicted octanol–water partition coefficient (Wildman–Crippen LogP) is 3.55. The van der Waals surface area contributed by atoms with E-state index in [1.165, 1.54) is 30.4 Å². The maximum Gasteiger partial charge on any atom is 0.190 e.